The van der Waals surface area contributed by atoms with Crippen LogP contribution in [0.15, 0.2) is 48.5 Å². The van der Waals surface area contributed by atoms with Gasteiger partial charge in [-0.05, 0) is 53.4 Å². The number of nitrogens with one attached hydrogen (secondary N) is 1. The lowest BCUT2D eigenvalue weighted by molar-refractivity contribution is -0.150. The summed E-state index contributed by atoms with van der Waals surface area (Å²) in [4.78, 5) is 39.0. The lowest BCUT2D eigenvalue weighted by Crippen LogP contribution is -2.47. The van der Waals surface area contributed by atoms with Crippen molar-refractivity contribution in [2.45, 2.75) is 36.6 Å². The number of carbonyl (C=O) groups excluding carboxylic acids is 2. The van der Waals surface area contributed by atoms with Crippen molar-refractivity contribution in [2.24, 2.45) is 17.8 Å². The summed E-state index contributed by atoms with van der Waals surface area (Å²) in [5.74, 6) is -0.305. The van der Waals surface area contributed by atoms with Gasteiger partial charge in [-0.3, -0.25) is 4.79 Å². The lowest BCUT2D eigenvalue weighted by atomic mass is 9.98. The van der Waals surface area contributed by atoms with Gasteiger partial charge in [-0.15, -0.1) is 11.8 Å². The van der Waals surface area contributed by atoms with Gasteiger partial charge in [0.15, 0.2) is 0 Å². The maximum absolute atomic E-state index is 13.2. The molecule has 1 aliphatic heterocycles. The molecule has 1 saturated heterocycles. The van der Waals surface area contributed by atoms with E-state index in [2.05, 4.69) is 29.6 Å². The summed E-state index contributed by atoms with van der Waals surface area (Å²) in [5.41, 5.74) is 4.69. The van der Waals surface area contributed by atoms with Crippen LogP contribution in [0.5, 0.6) is 0 Å². The maximum Gasteiger partial charge on any atom is 0.407 e. The maximum atomic E-state index is 13.2. The van der Waals surface area contributed by atoms with Crippen molar-refractivity contribution in [3.05, 3.63) is 59.7 Å². The second-order valence-corrected chi connectivity index (χ2v) is 11.1. The second kappa shape index (κ2) is 8.90. The van der Waals surface area contributed by atoms with Gasteiger partial charge < -0.3 is 20.1 Å². The smallest absolute Gasteiger partial charge is 0.407 e. The Labute approximate surface area is 208 Å². The van der Waals surface area contributed by atoms with E-state index in [1.807, 2.05) is 24.3 Å². The Balaban J connectivity index is 1.02. The summed E-state index contributed by atoms with van der Waals surface area (Å²) < 4.78 is 5.59. The van der Waals surface area contributed by atoms with E-state index in [4.69, 9.17) is 4.74 Å². The number of thioether (sulfide) groups is 1. The van der Waals surface area contributed by atoms with Crippen LogP contribution < -0.4 is 5.32 Å². The molecule has 2 saturated carbocycles. The van der Waals surface area contributed by atoms with Gasteiger partial charge in [0.05, 0.1) is 5.37 Å². The third-order valence-corrected chi connectivity index (χ3v) is 9.15. The number of carboxylic acids is 1. The molecule has 1 heterocycles. The van der Waals surface area contributed by atoms with E-state index in [1.54, 1.807) is 16.7 Å². The molecule has 2 aromatic rings. The molecule has 2 unspecified atom stereocenters. The van der Waals surface area contributed by atoms with E-state index in [-0.39, 0.29) is 35.6 Å². The summed E-state index contributed by atoms with van der Waals surface area (Å²) in [7, 11) is 0. The molecule has 7 nitrogen and oxygen atoms in total. The summed E-state index contributed by atoms with van der Waals surface area (Å²) in [5, 5.41) is 12.4. The fourth-order valence-electron chi connectivity index (χ4n) is 5.57. The van der Waals surface area contributed by atoms with E-state index in [1.165, 1.54) is 11.1 Å². The first-order valence-electron chi connectivity index (χ1n) is 12.3. The van der Waals surface area contributed by atoms with Crippen LogP contribution in [0.2, 0.25) is 0 Å². The van der Waals surface area contributed by atoms with Crippen LogP contribution in [0.1, 0.15) is 36.3 Å². The molecular weight excluding hydrogens is 464 g/mol. The van der Waals surface area contributed by atoms with Crippen LogP contribution in [0.4, 0.5) is 4.79 Å². The quantitative estimate of drug-likeness (QED) is 0.608. The first-order chi connectivity index (χ1) is 17.0. The Bertz CT molecular complexity index is 1140. The van der Waals surface area contributed by atoms with Crippen molar-refractivity contribution in [1.82, 2.24) is 10.2 Å². The molecule has 0 bridgehead atoms. The number of rotatable bonds is 7. The summed E-state index contributed by atoms with van der Waals surface area (Å²) >= 11 is 1.59. The standard InChI is InChI=1S/C27H28N2O5S/c30-24(29-23(26(31)32)14-35-25(29)15-9-10-15)21-11-16(21)12-28-27(33)34-13-22-19-7-3-1-5-17(19)18-6-2-4-8-20(18)22/h1-8,15-16,21-23,25H,9-14H2,(H,28,33)(H,31,32)/t16-,21-,23?,25?/m0/s1. The zero-order valence-electron chi connectivity index (χ0n) is 19.3. The third kappa shape index (κ3) is 4.18. The first-order valence-corrected chi connectivity index (χ1v) is 13.3. The number of hydrogen-bond acceptors (Lipinski definition) is 5. The average molecular weight is 493 g/mol. The van der Waals surface area contributed by atoms with E-state index in [9.17, 15) is 19.5 Å². The lowest BCUT2D eigenvalue weighted by Gasteiger charge is -2.27. The molecule has 2 amide bonds. The van der Waals surface area contributed by atoms with Gasteiger partial charge in [0.25, 0.3) is 0 Å². The topological polar surface area (TPSA) is 95.9 Å². The SMILES string of the molecule is O=C(NC[C@@H]1C[C@@H]1C(=O)N1C(C(=O)O)CSC1C1CC1)OCC1c2ccccc2-c2ccccc21. The Hall–Kier alpha value is -3.00. The number of nitrogens with zero attached hydrogens (tertiary/aromatic N) is 1. The van der Waals surface area contributed by atoms with Crippen LogP contribution in [0.3, 0.4) is 0 Å². The van der Waals surface area contributed by atoms with Crippen LogP contribution in [0.25, 0.3) is 11.1 Å². The summed E-state index contributed by atoms with van der Waals surface area (Å²) in [6.45, 7) is 0.612. The van der Waals surface area contributed by atoms with Crippen molar-refractivity contribution in [3.63, 3.8) is 0 Å². The summed E-state index contributed by atoms with van der Waals surface area (Å²) in [6, 6.07) is 15.7. The minimum atomic E-state index is -0.928. The molecule has 3 fully saturated rings. The predicted molar refractivity (Wildman–Crippen MR) is 132 cm³/mol. The monoisotopic (exact) mass is 492 g/mol. The zero-order valence-corrected chi connectivity index (χ0v) is 20.1. The van der Waals surface area contributed by atoms with Gasteiger partial charge >= 0.3 is 12.1 Å². The predicted octanol–water partition coefficient (Wildman–Crippen LogP) is 3.93. The highest BCUT2D eigenvalue weighted by atomic mass is 32.2. The number of benzene rings is 2. The van der Waals surface area contributed by atoms with Crippen molar-refractivity contribution >= 4 is 29.7 Å². The molecule has 35 heavy (non-hydrogen) atoms. The van der Waals surface area contributed by atoms with Crippen molar-refractivity contribution in [2.75, 3.05) is 18.9 Å². The van der Waals surface area contributed by atoms with Crippen LogP contribution in [0, 0.1) is 17.8 Å². The molecule has 2 N–H and O–H groups in total. The van der Waals surface area contributed by atoms with Gasteiger partial charge in [0, 0.05) is 24.1 Å². The number of alkyl carbamates (subject to hydrolysis) is 1. The molecule has 182 valence electrons. The fraction of sp³-hybridized carbons (Fsp3) is 0.444. The first kappa shape index (κ1) is 22.5. The van der Waals surface area contributed by atoms with Gasteiger partial charge in [-0.25, -0.2) is 9.59 Å². The number of carbonyl (C=O) groups is 3. The third-order valence-electron chi connectivity index (χ3n) is 7.69. The van der Waals surface area contributed by atoms with Gasteiger partial charge in [-0.1, -0.05) is 48.5 Å². The van der Waals surface area contributed by atoms with Crippen molar-refractivity contribution in [1.29, 1.82) is 0 Å². The van der Waals surface area contributed by atoms with Gasteiger partial charge in [-0.2, -0.15) is 0 Å². The van der Waals surface area contributed by atoms with Crippen LogP contribution in [-0.4, -0.2) is 58.3 Å². The van der Waals surface area contributed by atoms with E-state index in [0.717, 1.165) is 24.0 Å². The molecule has 6 rings (SSSR count). The largest absolute Gasteiger partial charge is 0.480 e. The molecular formula is C27H28N2O5S. The minimum absolute atomic E-state index is 0.00313. The molecule has 4 atom stereocenters. The highest BCUT2D eigenvalue weighted by molar-refractivity contribution is 8.00. The van der Waals surface area contributed by atoms with E-state index in [0.29, 0.717) is 24.6 Å². The number of hydrogen-bond donors (Lipinski definition) is 2. The molecule has 2 aromatic carbocycles. The highest BCUT2D eigenvalue weighted by Gasteiger charge is 2.53. The molecule has 8 heteroatoms. The Morgan fingerprint density at radius 2 is 1.69 bits per heavy atom. The number of carboxylic acid groups (broad SMARTS) is 1. The normalized spacial score (nSPS) is 26.7. The number of fused-ring (bicyclic) bond motifs is 3. The molecule has 0 aromatic heterocycles. The number of aliphatic carboxylic acids is 1. The van der Waals surface area contributed by atoms with E-state index < -0.39 is 18.1 Å². The zero-order chi connectivity index (χ0) is 24.1. The summed E-state index contributed by atoms with van der Waals surface area (Å²) in [6.07, 6.45) is 2.31. The highest BCUT2D eigenvalue weighted by Crippen LogP contribution is 2.49. The van der Waals surface area contributed by atoms with Gasteiger partial charge in [0.1, 0.15) is 12.6 Å². The molecule has 3 aliphatic carbocycles. The van der Waals surface area contributed by atoms with Gasteiger partial charge in [0.2, 0.25) is 5.91 Å². The molecule has 4 aliphatic rings. The van der Waals surface area contributed by atoms with Crippen molar-refractivity contribution in [3.8, 4) is 11.1 Å². The Kier molecular flexibility index (Phi) is 5.71. The van der Waals surface area contributed by atoms with Crippen molar-refractivity contribution < 1.29 is 24.2 Å². The fourth-order valence-corrected chi connectivity index (χ4v) is 7.21. The second-order valence-electron chi connectivity index (χ2n) is 9.97. The number of ether oxygens (including phenoxy) is 1. The molecule has 0 spiro atoms. The minimum Gasteiger partial charge on any atom is -0.480 e. The Morgan fingerprint density at radius 3 is 2.31 bits per heavy atom. The Morgan fingerprint density at radius 1 is 1.03 bits per heavy atom. The molecule has 0 radical (unpaired) electrons. The van der Waals surface area contributed by atoms with Crippen LogP contribution in [-0.2, 0) is 14.3 Å². The average Bonchev–Trinajstić information content (AvgIpc) is 3.79. The van der Waals surface area contributed by atoms with Crippen LogP contribution >= 0.6 is 11.8 Å². The van der Waals surface area contributed by atoms with E-state index >= 15 is 0 Å². The number of amides is 2.